The number of anilines is 3. The lowest BCUT2D eigenvalue weighted by molar-refractivity contribution is -0.137. The van der Waals surface area contributed by atoms with Crippen LogP contribution in [0.3, 0.4) is 0 Å². The van der Waals surface area contributed by atoms with Gasteiger partial charge in [0, 0.05) is 88.3 Å². The van der Waals surface area contributed by atoms with Crippen LogP contribution in [0.4, 0.5) is 22.2 Å². The lowest BCUT2D eigenvalue weighted by Crippen LogP contribution is -2.53. The van der Waals surface area contributed by atoms with Crippen LogP contribution in [0.25, 0.3) is 11.0 Å². The molecule has 20 nitrogen and oxygen atoms in total. The van der Waals surface area contributed by atoms with Crippen molar-refractivity contribution in [3.63, 3.8) is 0 Å². The molecule has 6 amide bonds. The molecule has 2 unspecified atom stereocenters. The number of imide groups is 1. The molecular formula is C54H68N12O8. The number of carbonyl (C=O) groups excluding carboxylic acids is 6. The zero-order valence-electron chi connectivity index (χ0n) is 42.2. The maximum Gasteiger partial charge on any atom is 0.410 e. The second kappa shape index (κ2) is 26.7. The summed E-state index contributed by atoms with van der Waals surface area (Å²) in [5.74, 6) is -0.854. The molecule has 2 aliphatic heterocycles. The van der Waals surface area contributed by atoms with Gasteiger partial charge in [-0.05, 0) is 73.2 Å². The number of methoxy groups -OCH3 is 1. The predicted molar refractivity (Wildman–Crippen MR) is 282 cm³/mol. The van der Waals surface area contributed by atoms with E-state index in [4.69, 9.17) is 20.9 Å². The molecule has 392 valence electrons. The number of fused-ring (bicyclic) bond motifs is 1. The normalized spacial score (nSPS) is 14.5. The Labute approximate surface area is 431 Å². The van der Waals surface area contributed by atoms with E-state index in [1.165, 1.54) is 0 Å². The Kier molecular flexibility index (Phi) is 19.5. The van der Waals surface area contributed by atoms with E-state index >= 15 is 0 Å². The van der Waals surface area contributed by atoms with Crippen LogP contribution in [0.2, 0.25) is 0 Å². The molecule has 0 bridgehead atoms. The van der Waals surface area contributed by atoms with Crippen molar-refractivity contribution in [1.29, 1.82) is 0 Å². The minimum atomic E-state index is -1.06. The highest BCUT2D eigenvalue weighted by atomic mass is 16.6. The molecule has 1 saturated heterocycles. The molecule has 8 N–H and O–H groups in total. The first-order chi connectivity index (χ1) is 35.9. The van der Waals surface area contributed by atoms with Gasteiger partial charge in [-0.3, -0.25) is 33.8 Å². The van der Waals surface area contributed by atoms with Gasteiger partial charge in [0.05, 0.1) is 19.2 Å². The molecule has 0 saturated carbocycles. The van der Waals surface area contributed by atoms with Crippen molar-refractivity contribution >= 4 is 64.1 Å². The summed E-state index contributed by atoms with van der Waals surface area (Å²) >= 11 is 0. The zero-order chi connectivity index (χ0) is 52.4. The molecule has 20 heteroatoms. The Bertz CT molecular complexity index is 2740. The average Bonchev–Trinajstić information content (AvgIpc) is 3.96. The van der Waals surface area contributed by atoms with Gasteiger partial charge < -0.3 is 51.7 Å². The predicted octanol–water partition coefficient (Wildman–Crippen LogP) is 4.72. The monoisotopic (exact) mass is 1010 g/mol. The minimum absolute atomic E-state index is 0.0317. The number of amides is 6. The summed E-state index contributed by atoms with van der Waals surface area (Å²) in [5.41, 5.74) is 17.5. The molecule has 3 aromatic carbocycles. The van der Waals surface area contributed by atoms with Crippen LogP contribution < -0.4 is 37.5 Å². The van der Waals surface area contributed by atoms with Crippen LogP contribution >= 0.6 is 0 Å². The molecule has 0 aliphatic carbocycles. The van der Waals surface area contributed by atoms with Crippen LogP contribution in [0, 0.1) is 0 Å². The van der Waals surface area contributed by atoms with E-state index in [1.807, 2.05) is 42.6 Å². The molecule has 0 spiro atoms. The topological polar surface area (TPSA) is 261 Å². The number of nitrogens with one attached hydrogen (secondary N) is 4. The number of nitrogen functional groups attached to an aromatic ring is 1. The van der Waals surface area contributed by atoms with Gasteiger partial charge >= 0.3 is 6.09 Å². The molecule has 4 heterocycles. The Morgan fingerprint density at radius 1 is 0.784 bits per heavy atom. The van der Waals surface area contributed by atoms with Crippen LogP contribution in [-0.4, -0.2) is 130 Å². The van der Waals surface area contributed by atoms with Gasteiger partial charge in [0.2, 0.25) is 23.7 Å². The summed E-state index contributed by atoms with van der Waals surface area (Å²) in [5, 5.41) is 11.9. The molecule has 2 aliphatic rings. The van der Waals surface area contributed by atoms with Crippen LogP contribution in [-0.2, 0) is 54.8 Å². The number of nitrogens with zero attached hydrogens (tertiary/aromatic N) is 6. The summed E-state index contributed by atoms with van der Waals surface area (Å²) in [6, 6.07) is 22.2. The number of hydrogen-bond donors (Lipinski definition) is 6. The number of hydrogen-bond acceptors (Lipinski definition) is 14. The first kappa shape index (κ1) is 53.9. The van der Waals surface area contributed by atoms with Gasteiger partial charge in [-0.25, -0.2) is 9.78 Å². The Hall–Kier alpha value is -7.84. The van der Waals surface area contributed by atoms with Crippen LogP contribution in [0.5, 0.6) is 5.75 Å². The summed E-state index contributed by atoms with van der Waals surface area (Å²) in [6.45, 7) is 6.85. The number of benzene rings is 3. The number of carbonyl (C=O) groups is 6. The largest absolute Gasteiger partial charge is 0.496 e. The van der Waals surface area contributed by atoms with Gasteiger partial charge in [-0.2, -0.15) is 4.98 Å². The third-order valence-electron chi connectivity index (χ3n) is 13.0. The Morgan fingerprint density at radius 3 is 2.24 bits per heavy atom. The van der Waals surface area contributed by atoms with Crippen molar-refractivity contribution < 1.29 is 38.2 Å². The molecule has 0 radical (unpaired) electrons. The summed E-state index contributed by atoms with van der Waals surface area (Å²) in [4.78, 5) is 91.8. The van der Waals surface area contributed by atoms with Crippen molar-refractivity contribution in [3.05, 3.63) is 119 Å². The number of nitrogens with two attached hydrogens (primary N) is 2. The molecule has 2 aromatic heterocycles. The highest BCUT2D eigenvalue weighted by Crippen LogP contribution is 2.28. The fourth-order valence-corrected chi connectivity index (χ4v) is 8.88. The first-order valence-corrected chi connectivity index (χ1v) is 25.3. The number of ether oxygens (including phenoxy) is 2. The second-order valence-electron chi connectivity index (χ2n) is 18.5. The van der Waals surface area contributed by atoms with Crippen LogP contribution in [0.1, 0.15) is 74.1 Å². The number of rotatable bonds is 26. The fraction of sp³-hybridized carbons (Fsp3) is 0.407. The van der Waals surface area contributed by atoms with Crippen molar-refractivity contribution in [1.82, 2.24) is 39.9 Å². The van der Waals surface area contributed by atoms with E-state index in [9.17, 15) is 28.8 Å². The summed E-state index contributed by atoms with van der Waals surface area (Å²) < 4.78 is 13.7. The zero-order valence-corrected chi connectivity index (χ0v) is 42.2. The maximum atomic E-state index is 13.9. The average molecular weight is 1010 g/mol. The summed E-state index contributed by atoms with van der Waals surface area (Å²) in [6.07, 6.45) is 8.55. The van der Waals surface area contributed by atoms with E-state index < -0.39 is 47.7 Å². The number of unbranched alkanes of at least 4 members (excludes halogenated alkanes) is 3. The minimum Gasteiger partial charge on any atom is -0.496 e. The second-order valence-corrected chi connectivity index (χ2v) is 18.5. The van der Waals surface area contributed by atoms with E-state index in [0.717, 1.165) is 87.7 Å². The third kappa shape index (κ3) is 15.1. The molecule has 2 atom stereocenters. The highest BCUT2D eigenvalue weighted by Gasteiger charge is 2.29. The van der Waals surface area contributed by atoms with Crippen LogP contribution in [0.15, 0.2) is 97.2 Å². The summed E-state index contributed by atoms with van der Waals surface area (Å²) in [7, 11) is 1.68. The molecular weight excluding hydrogens is 945 g/mol. The van der Waals surface area contributed by atoms with Gasteiger partial charge in [0.15, 0.2) is 5.82 Å². The molecule has 5 aromatic rings. The van der Waals surface area contributed by atoms with E-state index in [2.05, 4.69) is 65.8 Å². The lowest BCUT2D eigenvalue weighted by atomic mass is 10.0. The number of piperazine rings is 1. The third-order valence-corrected chi connectivity index (χ3v) is 13.0. The van der Waals surface area contributed by atoms with Gasteiger partial charge in [-0.15, -0.1) is 0 Å². The maximum absolute atomic E-state index is 13.9. The first-order valence-electron chi connectivity index (χ1n) is 25.3. The fourth-order valence-electron chi connectivity index (χ4n) is 8.88. The standard InChI is InChI=1S/C54H68N12O8/c1-3-4-10-25-57-50-49-42(61-53(56)62-50)22-26-65(49)35-40-17-14-39(33-45(40)73-2)34-63-28-30-64(31-29-63)54(72)74-36-38-15-18-41(19-16-38)58-51(70)43(13-8-9-24-55)60-52(71)44(32-37-11-6-5-7-12-37)59-46(67)23-27-66-47(68)20-21-48(66)69/h5-7,11-12,14-22,26,33,43-44H,3-4,8-10,13,23-25,27-32,34-36,55H2,1-2H3,(H,58,70)(H,59,67)(H,60,71)(H3,56,57,61,62). The van der Waals surface area contributed by atoms with Gasteiger partial charge in [0.25, 0.3) is 11.8 Å². The van der Waals surface area contributed by atoms with Crippen molar-refractivity contribution in [3.8, 4) is 5.75 Å². The molecule has 1 fully saturated rings. The molecule has 74 heavy (non-hydrogen) atoms. The van der Waals surface area contributed by atoms with E-state index in [-0.39, 0.29) is 38.4 Å². The Morgan fingerprint density at radius 2 is 1.53 bits per heavy atom. The smallest absolute Gasteiger partial charge is 0.410 e. The van der Waals surface area contributed by atoms with E-state index in [1.54, 1.807) is 36.3 Å². The molecule has 7 rings (SSSR count). The SMILES string of the molecule is CCCCCNc1nc(N)nc2ccn(Cc3ccc(CN4CCN(C(=O)OCc5ccc(NC(=O)C(CCCCN)NC(=O)C(Cc6ccccc6)NC(=O)CCN6C(=O)C=CC6=O)cc5)CC4)cc3OC)c12. The highest BCUT2D eigenvalue weighted by molar-refractivity contribution is 6.13. The van der Waals surface area contributed by atoms with Crippen molar-refractivity contribution in [2.24, 2.45) is 5.73 Å². The van der Waals surface area contributed by atoms with Crippen molar-refractivity contribution in [2.45, 2.75) is 90.1 Å². The van der Waals surface area contributed by atoms with Gasteiger partial charge in [0.1, 0.15) is 30.0 Å². The van der Waals surface area contributed by atoms with Crippen molar-refractivity contribution in [2.75, 3.05) is 69.3 Å². The lowest BCUT2D eigenvalue weighted by Gasteiger charge is -2.34. The number of aromatic nitrogens is 3. The quantitative estimate of drug-likeness (QED) is 0.0324. The van der Waals surface area contributed by atoms with E-state index in [0.29, 0.717) is 64.3 Å². The Balaban J connectivity index is 0.875. The van der Waals surface area contributed by atoms with Gasteiger partial charge in [-0.1, -0.05) is 74.4 Å².